The molecule has 0 amide bonds. The molecule has 1 saturated heterocycles. The summed E-state index contributed by atoms with van der Waals surface area (Å²) in [4.78, 5) is 50.1. The minimum absolute atomic E-state index is 0.0639. The number of carbonyl (C=O) groups is 2. The Kier molecular flexibility index (Phi) is 11.8. The maximum absolute atomic E-state index is 12.3. The Morgan fingerprint density at radius 1 is 1.28 bits per heavy atom. The van der Waals surface area contributed by atoms with Crippen molar-refractivity contribution in [3.05, 3.63) is 33.1 Å². The van der Waals surface area contributed by atoms with Crippen molar-refractivity contribution in [2.45, 2.75) is 79.4 Å². The molecule has 1 fully saturated rings. The van der Waals surface area contributed by atoms with Crippen molar-refractivity contribution >= 4 is 31.4 Å². The maximum Gasteiger partial charge on any atom is 0.330 e. The van der Waals surface area contributed by atoms with E-state index in [2.05, 4.69) is 10.1 Å². The van der Waals surface area contributed by atoms with Crippen LogP contribution in [0.5, 0.6) is 0 Å². The lowest BCUT2D eigenvalue weighted by Crippen LogP contribution is -2.35. The fourth-order valence-electron chi connectivity index (χ4n) is 3.17. The van der Waals surface area contributed by atoms with Gasteiger partial charge in [0.15, 0.2) is 5.12 Å². The zero-order valence-electron chi connectivity index (χ0n) is 21.9. The molecule has 1 aromatic heterocycles. The monoisotopic (exact) mass is 547 g/mol. The van der Waals surface area contributed by atoms with Crippen molar-refractivity contribution in [3.63, 3.8) is 0 Å². The standard InChI is InChI=1S/C23H38N3O8PS/c1-14(2)33-20(28)16(4)25-35(31-10-11-36-21(29)23(5,6)7)32-13-17-15(3)12-19(34-17)26-9-8-18(27)24-22(26)30/h8-9,14-17,19,25H,10-13H2,1-7H3,(H,24,27,30). The minimum Gasteiger partial charge on any atom is -0.462 e. The Morgan fingerprint density at radius 3 is 2.58 bits per heavy atom. The molecule has 11 nitrogen and oxygen atoms in total. The maximum atomic E-state index is 12.3. The highest BCUT2D eigenvalue weighted by atomic mass is 32.2. The number of aromatic nitrogens is 2. The summed E-state index contributed by atoms with van der Waals surface area (Å²) in [7, 11) is -1.70. The van der Waals surface area contributed by atoms with Gasteiger partial charge in [-0.15, -0.1) is 0 Å². The third-order valence-corrected chi connectivity index (χ3v) is 7.84. The number of nitrogens with zero attached hydrogens (tertiary/aromatic N) is 1. The van der Waals surface area contributed by atoms with E-state index in [4.69, 9.17) is 18.5 Å². The van der Waals surface area contributed by atoms with Gasteiger partial charge >= 0.3 is 11.7 Å². The minimum atomic E-state index is -1.70. The first-order valence-corrected chi connectivity index (χ1v) is 14.1. The summed E-state index contributed by atoms with van der Waals surface area (Å²) in [6, 6.07) is 0.604. The first kappa shape index (κ1) is 30.7. The Labute approximate surface area is 217 Å². The molecule has 2 rings (SSSR count). The quantitative estimate of drug-likeness (QED) is 0.228. The third kappa shape index (κ3) is 9.72. The summed E-state index contributed by atoms with van der Waals surface area (Å²) in [6.45, 7) is 13.2. The number of carbonyl (C=O) groups excluding carboxylic acids is 2. The average molecular weight is 548 g/mol. The summed E-state index contributed by atoms with van der Waals surface area (Å²) in [5.74, 6) is 0.0807. The van der Waals surface area contributed by atoms with Crippen LogP contribution < -0.4 is 16.3 Å². The number of rotatable bonds is 12. The molecule has 204 valence electrons. The number of hydrogen-bond acceptors (Lipinski definition) is 10. The number of ether oxygens (including phenoxy) is 2. The van der Waals surface area contributed by atoms with Crippen molar-refractivity contribution in [3.8, 4) is 0 Å². The molecule has 0 aromatic carbocycles. The lowest BCUT2D eigenvalue weighted by molar-refractivity contribution is -0.149. The van der Waals surface area contributed by atoms with Crippen molar-refractivity contribution < 1.29 is 28.1 Å². The number of aromatic amines is 1. The van der Waals surface area contributed by atoms with Gasteiger partial charge in [-0.25, -0.2) is 9.88 Å². The molecule has 0 radical (unpaired) electrons. The van der Waals surface area contributed by atoms with Crippen LogP contribution in [0.4, 0.5) is 0 Å². The van der Waals surface area contributed by atoms with Crippen LogP contribution in [0.25, 0.3) is 0 Å². The topological polar surface area (TPSA) is 138 Å². The average Bonchev–Trinajstić information content (AvgIpc) is 3.13. The van der Waals surface area contributed by atoms with Gasteiger partial charge in [0.25, 0.3) is 14.1 Å². The number of nitrogens with one attached hydrogen (secondary N) is 2. The molecule has 1 aliphatic rings. The zero-order chi connectivity index (χ0) is 27.0. The summed E-state index contributed by atoms with van der Waals surface area (Å²) in [6.07, 6.45) is 0.861. The number of H-pyrrole nitrogens is 1. The van der Waals surface area contributed by atoms with Gasteiger partial charge in [-0.3, -0.25) is 23.9 Å². The second-order valence-corrected chi connectivity index (χ2v) is 12.3. The lowest BCUT2D eigenvalue weighted by atomic mass is 10.00. The fraction of sp³-hybridized carbons (Fsp3) is 0.739. The van der Waals surface area contributed by atoms with E-state index in [1.807, 2.05) is 27.7 Å². The molecule has 0 saturated carbocycles. The van der Waals surface area contributed by atoms with Crippen LogP contribution in [0, 0.1) is 11.3 Å². The van der Waals surface area contributed by atoms with Gasteiger partial charge in [0.05, 0.1) is 25.4 Å². The molecular formula is C23H38N3O8PS. The van der Waals surface area contributed by atoms with E-state index in [0.717, 1.165) is 0 Å². The summed E-state index contributed by atoms with van der Waals surface area (Å²) >= 11 is 1.19. The predicted octanol–water partition coefficient (Wildman–Crippen LogP) is 2.96. The van der Waals surface area contributed by atoms with Gasteiger partial charge in [0.2, 0.25) is 0 Å². The molecule has 36 heavy (non-hydrogen) atoms. The Balaban J connectivity index is 1.97. The van der Waals surface area contributed by atoms with Crippen LogP contribution in [0.3, 0.4) is 0 Å². The summed E-state index contributed by atoms with van der Waals surface area (Å²) in [5, 5.41) is 3.10. The highest BCUT2D eigenvalue weighted by Crippen LogP contribution is 2.39. The fourth-order valence-corrected chi connectivity index (χ4v) is 5.26. The van der Waals surface area contributed by atoms with E-state index in [-0.39, 0.29) is 36.5 Å². The van der Waals surface area contributed by atoms with E-state index in [1.54, 1.807) is 20.8 Å². The van der Waals surface area contributed by atoms with Crippen LogP contribution >= 0.6 is 20.3 Å². The third-order valence-electron chi connectivity index (χ3n) is 5.20. The Bertz CT molecular complexity index is 993. The SMILES string of the molecule is CC(C)OC(=O)C(C)NP(OCCSC(=O)C(C)(C)C)OCC1OC(n2ccc(=O)[nH]c2=O)CC1C. The molecule has 5 atom stereocenters. The van der Waals surface area contributed by atoms with Gasteiger partial charge in [-0.05, 0) is 33.1 Å². The molecule has 2 N–H and O–H groups in total. The molecular weight excluding hydrogens is 509 g/mol. The first-order valence-electron chi connectivity index (χ1n) is 11.9. The van der Waals surface area contributed by atoms with Gasteiger partial charge in [0.1, 0.15) is 12.3 Å². The summed E-state index contributed by atoms with van der Waals surface area (Å²) < 4.78 is 24.5. The first-order chi connectivity index (χ1) is 16.8. The number of esters is 1. The second kappa shape index (κ2) is 13.8. The van der Waals surface area contributed by atoms with Crippen molar-refractivity contribution in [1.29, 1.82) is 0 Å². The van der Waals surface area contributed by atoms with Crippen LogP contribution in [0.2, 0.25) is 0 Å². The summed E-state index contributed by atoms with van der Waals surface area (Å²) in [5.41, 5.74) is -1.45. The van der Waals surface area contributed by atoms with Gasteiger partial charge in [0, 0.05) is 23.4 Å². The van der Waals surface area contributed by atoms with Crippen molar-refractivity contribution in [2.75, 3.05) is 19.0 Å². The smallest absolute Gasteiger partial charge is 0.330 e. The van der Waals surface area contributed by atoms with Crippen LogP contribution in [0.1, 0.15) is 61.1 Å². The van der Waals surface area contributed by atoms with Gasteiger partial charge in [-0.2, -0.15) is 0 Å². The van der Waals surface area contributed by atoms with Crippen LogP contribution in [-0.2, 0) is 28.1 Å². The van der Waals surface area contributed by atoms with Crippen LogP contribution in [-0.4, -0.2) is 57.9 Å². The Hall–Kier alpha value is -1.56. The molecule has 0 spiro atoms. The molecule has 0 bridgehead atoms. The number of thioether (sulfide) groups is 1. The van der Waals surface area contributed by atoms with E-state index >= 15 is 0 Å². The largest absolute Gasteiger partial charge is 0.462 e. The highest BCUT2D eigenvalue weighted by Gasteiger charge is 2.35. The molecule has 1 aromatic rings. The van der Waals surface area contributed by atoms with Gasteiger partial charge in [-0.1, -0.05) is 39.5 Å². The van der Waals surface area contributed by atoms with E-state index in [1.165, 1.54) is 28.6 Å². The predicted molar refractivity (Wildman–Crippen MR) is 139 cm³/mol. The molecule has 2 heterocycles. The van der Waals surface area contributed by atoms with E-state index in [0.29, 0.717) is 12.2 Å². The van der Waals surface area contributed by atoms with E-state index < -0.39 is 43.4 Å². The second-order valence-electron chi connectivity index (χ2n) is 9.97. The molecule has 5 unspecified atom stereocenters. The van der Waals surface area contributed by atoms with Crippen LogP contribution in [0.15, 0.2) is 21.9 Å². The van der Waals surface area contributed by atoms with Crippen molar-refractivity contribution in [1.82, 2.24) is 14.6 Å². The zero-order valence-corrected chi connectivity index (χ0v) is 23.6. The van der Waals surface area contributed by atoms with Gasteiger partial charge < -0.3 is 18.5 Å². The Morgan fingerprint density at radius 2 is 1.97 bits per heavy atom. The number of hydrogen-bond donors (Lipinski definition) is 2. The van der Waals surface area contributed by atoms with Crippen molar-refractivity contribution in [2.24, 2.45) is 11.3 Å². The van der Waals surface area contributed by atoms with E-state index in [9.17, 15) is 19.2 Å². The lowest BCUT2D eigenvalue weighted by Gasteiger charge is -2.24. The normalized spacial score (nSPS) is 21.9. The highest BCUT2D eigenvalue weighted by molar-refractivity contribution is 8.13. The molecule has 13 heteroatoms. The molecule has 1 aliphatic heterocycles. The molecule has 0 aliphatic carbocycles.